The molecule has 28 heavy (non-hydrogen) atoms. The van der Waals surface area contributed by atoms with E-state index in [-0.39, 0.29) is 5.15 Å². The van der Waals surface area contributed by atoms with E-state index in [2.05, 4.69) is 10.1 Å². The Kier molecular flexibility index (Phi) is 4.76. The molecule has 1 aliphatic rings. The zero-order valence-electron chi connectivity index (χ0n) is 15.3. The zero-order valence-corrected chi connectivity index (χ0v) is 16.9. The Morgan fingerprint density at radius 2 is 2.14 bits per heavy atom. The average Bonchev–Trinajstić information content (AvgIpc) is 3.30. The van der Waals surface area contributed by atoms with Gasteiger partial charge < -0.3 is 9.15 Å². The number of halogens is 1. The molecule has 1 atom stereocenters. The van der Waals surface area contributed by atoms with Gasteiger partial charge in [-0.3, -0.25) is 0 Å². The van der Waals surface area contributed by atoms with Crippen molar-refractivity contribution in [1.82, 2.24) is 9.40 Å². The Morgan fingerprint density at radius 3 is 2.82 bits per heavy atom. The van der Waals surface area contributed by atoms with Gasteiger partial charge in [0.25, 0.3) is 0 Å². The maximum Gasteiger partial charge on any atom is 0.247 e. The van der Waals surface area contributed by atoms with Gasteiger partial charge in [0, 0.05) is 23.4 Å². The van der Waals surface area contributed by atoms with Crippen molar-refractivity contribution in [2.75, 3.05) is 12.9 Å². The fourth-order valence-corrected chi connectivity index (χ4v) is 4.42. The lowest BCUT2D eigenvalue weighted by molar-refractivity contribution is 0.340. The van der Waals surface area contributed by atoms with Gasteiger partial charge in [0.2, 0.25) is 10.0 Å². The van der Waals surface area contributed by atoms with Crippen LogP contribution in [0.5, 0.6) is 5.75 Å². The number of benzene rings is 1. The van der Waals surface area contributed by atoms with Crippen LogP contribution in [0.15, 0.2) is 52.2 Å². The molecule has 0 aliphatic carbocycles. The van der Waals surface area contributed by atoms with Crippen LogP contribution in [0.3, 0.4) is 0 Å². The van der Waals surface area contributed by atoms with Crippen LogP contribution in [0.25, 0.3) is 10.9 Å². The molecule has 1 aliphatic heterocycles. The molecule has 0 unspecified atom stereocenters. The van der Waals surface area contributed by atoms with Crippen molar-refractivity contribution < 1.29 is 17.6 Å². The third-order valence-corrected chi connectivity index (χ3v) is 5.78. The molecular weight excluding hydrogens is 402 g/mol. The van der Waals surface area contributed by atoms with Gasteiger partial charge in [0.05, 0.1) is 30.7 Å². The molecule has 3 heterocycles. The highest BCUT2D eigenvalue weighted by molar-refractivity contribution is 7.88. The van der Waals surface area contributed by atoms with Gasteiger partial charge in [-0.2, -0.15) is 9.52 Å². The molecule has 9 heteroatoms. The van der Waals surface area contributed by atoms with Crippen molar-refractivity contribution in [3.8, 4) is 5.75 Å². The highest BCUT2D eigenvalue weighted by Gasteiger charge is 2.37. The topological polar surface area (TPSA) is 85.0 Å². The monoisotopic (exact) mass is 419 g/mol. The maximum atomic E-state index is 12.3. The largest absolute Gasteiger partial charge is 0.494 e. The van der Waals surface area contributed by atoms with E-state index in [1.807, 2.05) is 31.2 Å². The number of ether oxygens (including phenoxy) is 1. The van der Waals surface area contributed by atoms with Crippen LogP contribution in [-0.4, -0.2) is 36.4 Å². The van der Waals surface area contributed by atoms with Crippen molar-refractivity contribution in [2.24, 2.45) is 5.10 Å². The van der Waals surface area contributed by atoms with Crippen molar-refractivity contribution in [2.45, 2.75) is 19.4 Å². The van der Waals surface area contributed by atoms with Gasteiger partial charge in [-0.05, 0) is 37.3 Å². The fraction of sp³-hybridized carbons (Fsp3) is 0.263. The molecule has 4 rings (SSSR count). The van der Waals surface area contributed by atoms with E-state index in [1.54, 1.807) is 12.1 Å². The summed E-state index contributed by atoms with van der Waals surface area (Å²) in [5.74, 6) is 1.23. The summed E-state index contributed by atoms with van der Waals surface area (Å²) in [6, 6.07) is 10.3. The van der Waals surface area contributed by atoms with Gasteiger partial charge in [-0.1, -0.05) is 11.6 Å². The van der Waals surface area contributed by atoms with Crippen LogP contribution in [0.2, 0.25) is 5.15 Å². The SMILES string of the molecule is CCOc1ccc2cc([C@@H]3CC(c4ccco4)=NN3S(C)(=O)=O)c(Cl)nc2c1. The lowest BCUT2D eigenvalue weighted by atomic mass is 10.0. The lowest BCUT2D eigenvalue weighted by Crippen LogP contribution is -2.26. The molecule has 0 N–H and O–H groups in total. The van der Waals surface area contributed by atoms with Crippen LogP contribution >= 0.6 is 11.6 Å². The predicted molar refractivity (Wildman–Crippen MR) is 107 cm³/mol. The third-order valence-electron chi connectivity index (χ3n) is 4.46. The van der Waals surface area contributed by atoms with E-state index in [4.69, 9.17) is 20.8 Å². The Balaban J connectivity index is 1.77. The second-order valence-electron chi connectivity index (χ2n) is 6.44. The zero-order chi connectivity index (χ0) is 19.9. The first-order valence-electron chi connectivity index (χ1n) is 8.70. The number of sulfonamides is 1. The van der Waals surface area contributed by atoms with Crippen molar-refractivity contribution >= 4 is 38.2 Å². The third kappa shape index (κ3) is 3.45. The summed E-state index contributed by atoms with van der Waals surface area (Å²) in [4.78, 5) is 4.46. The highest BCUT2D eigenvalue weighted by Crippen LogP contribution is 2.38. The maximum absolute atomic E-state index is 12.3. The number of aromatic nitrogens is 1. The van der Waals surface area contributed by atoms with Gasteiger partial charge in [-0.15, -0.1) is 0 Å². The quantitative estimate of drug-likeness (QED) is 0.583. The molecule has 3 aromatic rings. The smallest absolute Gasteiger partial charge is 0.247 e. The molecule has 2 aromatic heterocycles. The van der Waals surface area contributed by atoms with E-state index in [9.17, 15) is 8.42 Å². The summed E-state index contributed by atoms with van der Waals surface area (Å²) in [5.41, 5.74) is 1.81. The van der Waals surface area contributed by atoms with Crippen LogP contribution in [0.4, 0.5) is 0 Å². The minimum atomic E-state index is -3.61. The van der Waals surface area contributed by atoms with Gasteiger partial charge in [0.1, 0.15) is 22.4 Å². The van der Waals surface area contributed by atoms with Crippen LogP contribution < -0.4 is 4.74 Å². The van der Waals surface area contributed by atoms with Crippen LogP contribution in [0.1, 0.15) is 30.7 Å². The highest BCUT2D eigenvalue weighted by atomic mass is 35.5. The van der Waals surface area contributed by atoms with E-state index < -0.39 is 16.1 Å². The first-order chi connectivity index (χ1) is 13.4. The molecular formula is C19H18ClN3O4S. The Hall–Kier alpha value is -2.58. The molecule has 0 saturated carbocycles. The van der Waals surface area contributed by atoms with Gasteiger partial charge in [-0.25, -0.2) is 13.4 Å². The van der Waals surface area contributed by atoms with E-state index in [1.165, 1.54) is 6.26 Å². The predicted octanol–water partition coefficient (Wildman–Crippen LogP) is 3.99. The molecule has 146 valence electrons. The summed E-state index contributed by atoms with van der Waals surface area (Å²) >= 11 is 6.45. The first kappa shape index (κ1) is 18.8. The number of nitrogens with zero attached hydrogens (tertiary/aromatic N) is 3. The number of rotatable bonds is 5. The van der Waals surface area contributed by atoms with Crippen molar-refractivity contribution in [1.29, 1.82) is 0 Å². The Bertz CT molecular complexity index is 1160. The molecule has 0 spiro atoms. The summed E-state index contributed by atoms with van der Waals surface area (Å²) in [6.45, 7) is 2.46. The lowest BCUT2D eigenvalue weighted by Gasteiger charge is -2.22. The second kappa shape index (κ2) is 7.10. The van der Waals surface area contributed by atoms with Crippen LogP contribution in [-0.2, 0) is 10.0 Å². The first-order valence-corrected chi connectivity index (χ1v) is 10.9. The number of hydrazone groups is 1. The number of fused-ring (bicyclic) bond motifs is 1. The van der Waals surface area contributed by atoms with Crippen molar-refractivity contribution in [3.63, 3.8) is 0 Å². The molecule has 0 fully saturated rings. The van der Waals surface area contributed by atoms with Gasteiger partial charge in [0.15, 0.2) is 0 Å². The minimum absolute atomic E-state index is 0.232. The number of pyridine rings is 1. The molecule has 0 radical (unpaired) electrons. The molecule has 0 saturated heterocycles. The van der Waals surface area contributed by atoms with Crippen LogP contribution in [0, 0.1) is 0 Å². The minimum Gasteiger partial charge on any atom is -0.494 e. The summed E-state index contributed by atoms with van der Waals surface area (Å²) in [5, 5.41) is 5.35. The standard InChI is InChI=1S/C19H18ClN3O4S/c1-3-26-13-7-6-12-9-14(19(20)21-15(12)10-13)17-11-16(18-5-4-8-27-18)22-23(17)28(2,24)25/h4-10,17H,3,11H2,1-2H3/t17-/m0/s1. The normalized spacial score (nSPS) is 17.2. The molecule has 7 nitrogen and oxygen atoms in total. The Morgan fingerprint density at radius 1 is 1.32 bits per heavy atom. The fourth-order valence-electron chi connectivity index (χ4n) is 3.25. The second-order valence-corrected chi connectivity index (χ2v) is 8.63. The summed E-state index contributed by atoms with van der Waals surface area (Å²) in [6.07, 6.45) is 2.98. The van der Waals surface area contributed by atoms with Crippen molar-refractivity contribution in [3.05, 3.63) is 59.1 Å². The molecule has 0 bridgehead atoms. The molecule has 0 amide bonds. The number of hydrogen-bond donors (Lipinski definition) is 0. The average molecular weight is 420 g/mol. The van der Waals surface area contributed by atoms with E-state index in [0.717, 1.165) is 16.1 Å². The number of hydrogen-bond acceptors (Lipinski definition) is 6. The van der Waals surface area contributed by atoms with E-state index >= 15 is 0 Å². The summed E-state index contributed by atoms with van der Waals surface area (Å²) in [7, 11) is -3.61. The van der Waals surface area contributed by atoms with Gasteiger partial charge >= 0.3 is 0 Å². The van der Waals surface area contributed by atoms with E-state index in [0.29, 0.717) is 41.3 Å². The summed E-state index contributed by atoms with van der Waals surface area (Å²) < 4.78 is 36.6. The molecule has 1 aromatic carbocycles. The Labute approximate surface area is 167 Å². The number of furan rings is 1.